The second-order valence-electron chi connectivity index (χ2n) is 8.51. The Morgan fingerprint density at radius 1 is 0.886 bits per heavy atom. The average molecular weight is 467 g/mol. The highest BCUT2D eigenvalue weighted by Crippen LogP contribution is 2.29. The molecule has 1 heterocycles. The first-order valence-electron chi connectivity index (χ1n) is 11.5. The maximum Gasteiger partial charge on any atom is 0.332 e. The molecule has 1 aromatic heterocycles. The average Bonchev–Trinajstić information content (AvgIpc) is 2.86. The summed E-state index contributed by atoms with van der Waals surface area (Å²) in [5.41, 5.74) is 4.51. The van der Waals surface area contributed by atoms with Gasteiger partial charge in [-0.1, -0.05) is 54.6 Å². The van der Waals surface area contributed by atoms with Gasteiger partial charge in [0, 0.05) is 37.7 Å². The Bertz CT molecular complexity index is 1290. The normalized spacial score (nSPS) is 11.4. The predicted molar refractivity (Wildman–Crippen MR) is 144 cm³/mol. The van der Waals surface area contributed by atoms with Crippen molar-refractivity contribution in [1.29, 1.82) is 0 Å². The lowest BCUT2D eigenvalue weighted by Gasteiger charge is -2.25. The van der Waals surface area contributed by atoms with Crippen molar-refractivity contribution in [1.82, 2.24) is 9.97 Å². The van der Waals surface area contributed by atoms with Gasteiger partial charge in [-0.15, -0.1) is 0 Å². The van der Waals surface area contributed by atoms with E-state index in [9.17, 15) is 4.79 Å². The van der Waals surface area contributed by atoms with Crippen LogP contribution in [-0.4, -0.2) is 30.1 Å². The Morgan fingerprint density at radius 3 is 2.34 bits per heavy atom. The molecule has 0 saturated carbocycles. The number of para-hydroxylation sites is 1. The highest BCUT2D eigenvalue weighted by molar-refractivity contribution is 6.07. The van der Waals surface area contributed by atoms with Crippen LogP contribution in [0.15, 0.2) is 91.1 Å². The molecular formula is C28H30N6O. The van der Waals surface area contributed by atoms with E-state index < -0.39 is 0 Å². The maximum absolute atomic E-state index is 13.6. The quantitative estimate of drug-likeness (QED) is 0.330. The van der Waals surface area contributed by atoms with E-state index in [2.05, 4.69) is 34.7 Å². The van der Waals surface area contributed by atoms with E-state index in [1.807, 2.05) is 92.6 Å². The lowest BCUT2D eigenvalue weighted by Crippen LogP contribution is -2.32. The summed E-state index contributed by atoms with van der Waals surface area (Å²) in [6, 6.07) is 27.0. The number of aryl methyl sites for hydroxylation is 1. The van der Waals surface area contributed by atoms with Crippen LogP contribution in [0.1, 0.15) is 24.1 Å². The molecule has 7 heteroatoms. The van der Waals surface area contributed by atoms with Crippen molar-refractivity contribution in [3.63, 3.8) is 0 Å². The summed E-state index contributed by atoms with van der Waals surface area (Å²) in [5, 5.41) is 6.38. The maximum atomic E-state index is 13.6. The van der Waals surface area contributed by atoms with Gasteiger partial charge >= 0.3 is 6.03 Å². The number of nitrogens with zero attached hydrogens (tertiary/aromatic N) is 4. The number of carbonyl (C=O) groups is 1. The molecule has 0 saturated heterocycles. The van der Waals surface area contributed by atoms with Crippen LogP contribution in [0.2, 0.25) is 0 Å². The molecule has 35 heavy (non-hydrogen) atoms. The first-order chi connectivity index (χ1) is 16.9. The second-order valence-corrected chi connectivity index (χ2v) is 8.51. The van der Waals surface area contributed by atoms with E-state index in [0.717, 1.165) is 22.5 Å². The molecule has 0 aliphatic carbocycles. The van der Waals surface area contributed by atoms with Crippen LogP contribution in [0.25, 0.3) is 0 Å². The van der Waals surface area contributed by atoms with Gasteiger partial charge in [0.2, 0.25) is 5.95 Å². The van der Waals surface area contributed by atoms with Crippen molar-refractivity contribution in [2.24, 2.45) is 0 Å². The molecule has 3 aromatic carbocycles. The first-order valence-corrected chi connectivity index (χ1v) is 11.5. The van der Waals surface area contributed by atoms with Crippen molar-refractivity contribution in [2.45, 2.75) is 19.9 Å². The summed E-state index contributed by atoms with van der Waals surface area (Å²) in [7, 11) is 3.93. The standard InChI is InChI=1S/C28H30N6O/c1-20-11-8-9-16-25(20)31-28(35)34(24-15-10-14-23(19-24)33(3)4)26-17-18-29-27(32-26)30-21(2)22-12-6-5-7-13-22/h5-19,21H,1-4H3,(H,31,35)(H,29,30,32). The fourth-order valence-corrected chi connectivity index (χ4v) is 3.71. The van der Waals surface area contributed by atoms with E-state index in [0.29, 0.717) is 17.5 Å². The predicted octanol–water partition coefficient (Wildman–Crippen LogP) is 6.39. The number of aromatic nitrogens is 2. The van der Waals surface area contributed by atoms with Crippen molar-refractivity contribution in [3.8, 4) is 0 Å². The zero-order valence-electron chi connectivity index (χ0n) is 20.4. The van der Waals surface area contributed by atoms with E-state index in [4.69, 9.17) is 4.98 Å². The number of amides is 2. The highest BCUT2D eigenvalue weighted by Gasteiger charge is 2.22. The van der Waals surface area contributed by atoms with Gasteiger partial charge in [0.25, 0.3) is 0 Å². The number of hydrogen-bond acceptors (Lipinski definition) is 5. The van der Waals surface area contributed by atoms with E-state index in [-0.39, 0.29) is 12.1 Å². The highest BCUT2D eigenvalue weighted by atomic mass is 16.2. The number of rotatable bonds is 7. The fraction of sp³-hybridized carbons (Fsp3) is 0.179. The molecule has 0 radical (unpaired) electrons. The number of hydrogen-bond donors (Lipinski definition) is 2. The van der Waals surface area contributed by atoms with Crippen molar-refractivity contribution < 1.29 is 4.79 Å². The molecule has 0 aliphatic heterocycles. The molecule has 178 valence electrons. The van der Waals surface area contributed by atoms with E-state index in [1.165, 1.54) is 0 Å². The Kier molecular flexibility index (Phi) is 7.26. The number of carbonyl (C=O) groups excluding carboxylic acids is 1. The van der Waals surface area contributed by atoms with Crippen molar-refractivity contribution in [3.05, 3.63) is 102 Å². The number of nitrogens with one attached hydrogen (secondary N) is 2. The summed E-state index contributed by atoms with van der Waals surface area (Å²) in [5.74, 6) is 0.904. The number of urea groups is 1. The van der Waals surface area contributed by atoms with Crippen LogP contribution in [-0.2, 0) is 0 Å². The topological polar surface area (TPSA) is 73.4 Å². The summed E-state index contributed by atoms with van der Waals surface area (Å²) in [4.78, 5) is 26.3. The minimum Gasteiger partial charge on any atom is -0.378 e. The van der Waals surface area contributed by atoms with Crippen LogP contribution >= 0.6 is 0 Å². The number of benzene rings is 3. The van der Waals surface area contributed by atoms with Crippen molar-refractivity contribution >= 4 is 34.9 Å². The van der Waals surface area contributed by atoms with Crippen LogP contribution < -0.4 is 20.4 Å². The van der Waals surface area contributed by atoms with Gasteiger partial charge in [0.05, 0.1) is 11.7 Å². The molecule has 4 aromatic rings. The van der Waals surface area contributed by atoms with Gasteiger partial charge in [-0.3, -0.25) is 0 Å². The molecule has 1 unspecified atom stereocenters. The molecular weight excluding hydrogens is 436 g/mol. The second kappa shape index (κ2) is 10.7. The molecule has 7 nitrogen and oxygen atoms in total. The lowest BCUT2D eigenvalue weighted by atomic mass is 10.1. The molecule has 4 rings (SSSR count). The monoisotopic (exact) mass is 466 g/mol. The smallest absolute Gasteiger partial charge is 0.332 e. The third kappa shape index (κ3) is 5.76. The Labute approximate surface area is 206 Å². The van der Waals surface area contributed by atoms with Gasteiger partial charge in [-0.05, 0) is 49.2 Å². The molecule has 2 amide bonds. The molecule has 1 atom stereocenters. The molecule has 2 N–H and O–H groups in total. The molecule has 0 aliphatic rings. The Balaban J connectivity index is 1.69. The van der Waals surface area contributed by atoms with Crippen molar-refractivity contribution in [2.75, 3.05) is 34.5 Å². The zero-order chi connectivity index (χ0) is 24.8. The Hall–Kier alpha value is -4.39. The largest absolute Gasteiger partial charge is 0.378 e. The zero-order valence-corrected chi connectivity index (χ0v) is 20.4. The van der Waals surface area contributed by atoms with Gasteiger partial charge in [-0.25, -0.2) is 14.7 Å². The fourth-order valence-electron chi connectivity index (χ4n) is 3.71. The minimum absolute atomic E-state index is 0.00207. The van der Waals surface area contributed by atoms with E-state index in [1.54, 1.807) is 17.2 Å². The summed E-state index contributed by atoms with van der Waals surface area (Å²) >= 11 is 0. The molecule has 0 bridgehead atoms. The van der Waals surface area contributed by atoms with Gasteiger partial charge in [0.1, 0.15) is 5.82 Å². The molecule has 0 fully saturated rings. The molecule has 0 spiro atoms. The van der Waals surface area contributed by atoms with Crippen LogP contribution in [0, 0.1) is 6.92 Å². The van der Waals surface area contributed by atoms with Crippen LogP contribution in [0.4, 0.5) is 33.6 Å². The number of anilines is 5. The first kappa shape index (κ1) is 23.8. The van der Waals surface area contributed by atoms with E-state index >= 15 is 0 Å². The summed E-state index contributed by atoms with van der Waals surface area (Å²) in [6.45, 7) is 4.01. The Morgan fingerprint density at radius 2 is 1.60 bits per heavy atom. The van der Waals surface area contributed by atoms with Gasteiger partial charge < -0.3 is 15.5 Å². The van der Waals surface area contributed by atoms with Crippen LogP contribution in [0.3, 0.4) is 0 Å². The lowest BCUT2D eigenvalue weighted by molar-refractivity contribution is 0.259. The van der Waals surface area contributed by atoms with Gasteiger partial charge in [0.15, 0.2) is 0 Å². The summed E-state index contributed by atoms with van der Waals surface area (Å²) < 4.78 is 0. The minimum atomic E-state index is -0.309. The third-order valence-corrected chi connectivity index (χ3v) is 5.71. The third-order valence-electron chi connectivity index (χ3n) is 5.71. The summed E-state index contributed by atoms with van der Waals surface area (Å²) in [6.07, 6.45) is 1.66. The SMILES string of the molecule is Cc1ccccc1NC(=O)N(c1cccc(N(C)C)c1)c1ccnc(NC(C)c2ccccc2)n1. The van der Waals surface area contributed by atoms with Gasteiger partial charge in [-0.2, -0.15) is 4.98 Å². The van der Waals surface area contributed by atoms with Crippen LogP contribution in [0.5, 0.6) is 0 Å².